The van der Waals surface area contributed by atoms with Crippen LogP contribution in [-0.2, 0) is 11.3 Å². The highest BCUT2D eigenvalue weighted by molar-refractivity contribution is 7.16. The molecule has 0 radical (unpaired) electrons. The largest absolute Gasteiger partial charge is 0.494 e. The molecule has 8 heteroatoms. The van der Waals surface area contributed by atoms with E-state index >= 15 is 0 Å². The summed E-state index contributed by atoms with van der Waals surface area (Å²) in [5, 5.41) is 4.42. The fraction of sp³-hybridized carbons (Fsp3) is 0.450. The van der Waals surface area contributed by atoms with Gasteiger partial charge in [0.1, 0.15) is 11.4 Å². The summed E-state index contributed by atoms with van der Waals surface area (Å²) in [5.74, 6) is 0.513. The second-order valence-electron chi connectivity index (χ2n) is 6.72. The highest BCUT2D eigenvalue weighted by atomic mass is 32.1. The number of hydrogen-bond acceptors (Lipinski definition) is 5. The van der Waals surface area contributed by atoms with E-state index < -0.39 is 0 Å². The Morgan fingerprint density at radius 2 is 2.11 bits per heavy atom. The first-order valence-corrected chi connectivity index (χ1v) is 10.2. The second kappa shape index (κ2) is 8.70. The van der Waals surface area contributed by atoms with Crippen LogP contribution in [0.5, 0.6) is 5.75 Å². The molecule has 0 N–H and O–H groups in total. The zero-order valence-corrected chi connectivity index (χ0v) is 17.7. The number of rotatable bonds is 7. The van der Waals surface area contributed by atoms with Crippen LogP contribution < -0.4 is 9.54 Å². The summed E-state index contributed by atoms with van der Waals surface area (Å²) in [6, 6.07) is 7.79. The van der Waals surface area contributed by atoms with Crippen molar-refractivity contribution in [3.63, 3.8) is 0 Å². The van der Waals surface area contributed by atoms with E-state index in [1.807, 2.05) is 50.5 Å². The van der Waals surface area contributed by atoms with Gasteiger partial charge in [0, 0.05) is 19.7 Å². The fourth-order valence-electron chi connectivity index (χ4n) is 3.01. The number of carbonyl (C=O) groups excluding carboxylic acids is 1. The lowest BCUT2D eigenvalue weighted by molar-refractivity contribution is 0.0985. The molecule has 3 rings (SSSR count). The molecule has 2 heterocycles. The molecular formula is C20H26N4O3S. The minimum Gasteiger partial charge on any atom is -0.494 e. The van der Waals surface area contributed by atoms with Crippen LogP contribution in [0.2, 0.25) is 0 Å². The first-order chi connectivity index (χ1) is 13.4. The van der Waals surface area contributed by atoms with Crippen molar-refractivity contribution in [2.45, 2.75) is 40.3 Å². The maximum atomic E-state index is 12.9. The van der Waals surface area contributed by atoms with Crippen LogP contribution in [0.3, 0.4) is 0 Å². The zero-order valence-electron chi connectivity index (χ0n) is 16.9. The monoisotopic (exact) mass is 402 g/mol. The van der Waals surface area contributed by atoms with Crippen LogP contribution in [0.4, 0.5) is 0 Å². The zero-order chi connectivity index (χ0) is 20.3. The number of carbonyl (C=O) groups is 1. The molecule has 0 saturated heterocycles. The molecule has 0 aliphatic carbocycles. The van der Waals surface area contributed by atoms with Crippen LogP contribution in [-0.4, -0.2) is 40.6 Å². The van der Waals surface area contributed by atoms with Gasteiger partial charge in [-0.05, 0) is 52.0 Å². The molecule has 0 aliphatic rings. The molecule has 7 nitrogen and oxygen atoms in total. The average Bonchev–Trinajstić information content (AvgIpc) is 3.20. The number of methoxy groups -OCH3 is 1. The molecule has 0 saturated carbocycles. The summed E-state index contributed by atoms with van der Waals surface area (Å²) in [4.78, 5) is 18.0. The molecule has 0 unspecified atom stereocenters. The van der Waals surface area contributed by atoms with E-state index in [-0.39, 0.29) is 11.9 Å². The normalized spacial score (nSPS) is 12.3. The van der Waals surface area contributed by atoms with E-state index in [0.29, 0.717) is 30.3 Å². The number of aromatic nitrogens is 3. The van der Waals surface area contributed by atoms with Gasteiger partial charge < -0.3 is 14.0 Å². The van der Waals surface area contributed by atoms with Crippen molar-refractivity contribution in [3.8, 4) is 5.75 Å². The predicted molar refractivity (Wildman–Crippen MR) is 110 cm³/mol. The highest BCUT2D eigenvalue weighted by Gasteiger charge is 2.16. The SMILES string of the molecule is CCOc1ccc2c(c1)sc(=NC(=O)c1cc(C)nn1C(C)C)n2CCOC. The summed E-state index contributed by atoms with van der Waals surface area (Å²) < 4.78 is 15.6. The molecule has 0 bridgehead atoms. The van der Waals surface area contributed by atoms with Gasteiger partial charge in [-0.1, -0.05) is 11.3 Å². The quantitative estimate of drug-likeness (QED) is 0.606. The minimum absolute atomic E-state index is 0.0830. The highest BCUT2D eigenvalue weighted by Crippen LogP contribution is 2.23. The summed E-state index contributed by atoms with van der Waals surface area (Å²) in [5.41, 5.74) is 2.31. The lowest BCUT2D eigenvalue weighted by Crippen LogP contribution is -2.20. The predicted octanol–water partition coefficient (Wildman–Crippen LogP) is 3.57. The lowest BCUT2D eigenvalue weighted by Gasteiger charge is -2.08. The minimum atomic E-state index is -0.294. The first kappa shape index (κ1) is 20.3. The number of ether oxygens (including phenoxy) is 2. The molecule has 0 spiro atoms. The van der Waals surface area contributed by atoms with Gasteiger partial charge in [0.2, 0.25) is 0 Å². The number of thiazole rings is 1. The Morgan fingerprint density at radius 1 is 1.32 bits per heavy atom. The molecule has 0 aliphatic heterocycles. The number of amides is 1. The Bertz CT molecular complexity index is 1050. The van der Waals surface area contributed by atoms with Crippen molar-refractivity contribution in [2.24, 2.45) is 4.99 Å². The summed E-state index contributed by atoms with van der Waals surface area (Å²) in [6.07, 6.45) is 0. The molecule has 0 fully saturated rings. The van der Waals surface area contributed by atoms with Crippen molar-refractivity contribution in [2.75, 3.05) is 20.3 Å². The number of nitrogens with zero attached hydrogens (tertiary/aromatic N) is 4. The van der Waals surface area contributed by atoms with Gasteiger partial charge in [0.25, 0.3) is 5.91 Å². The van der Waals surface area contributed by atoms with E-state index in [2.05, 4.69) is 10.1 Å². The Hall–Kier alpha value is -2.45. The van der Waals surface area contributed by atoms with E-state index in [4.69, 9.17) is 9.47 Å². The van der Waals surface area contributed by atoms with Crippen molar-refractivity contribution in [1.29, 1.82) is 0 Å². The van der Waals surface area contributed by atoms with E-state index in [1.165, 1.54) is 11.3 Å². The Morgan fingerprint density at radius 3 is 2.79 bits per heavy atom. The van der Waals surface area contributed by atoms with Gasteiger partial charge in [-0.2, -0.15) is 10.1 Å². The number of fused-ring (bicyclic) bond motifs is 1. The van der Waals surface area contributed by atoms with Crippen molar-refractivity contribution in [1.82, 2.24) is 14.3 Å². The van der Waals surface area contributed by atoms with Crippen molar-refractivity contribution in [3.05, 3.63) is 40.5 Å². The van der Waals surface area contributed by atoms with E-state index in [1.54, 1.807) is 17.9 Å². The van der Waals surface area contributed by atoms with Crippen LogP contribution >= 0.6 is 11.3 Å². The maximum Gasteiger partial charge on any atom is 0.297 e. The summed E-state index contributed by atoms with van der Waals surface area (Å²) >= 11 is 1.47. The topological polar surface area (TPSA) is 70.6 Å². The molecule has 150 valence electrons. The van der Waals surface area contributed by atoms with Gasteiger partial charge in [0.05, 0.1) is 29.1 Å². The first-order valence-electron chi connectivity index (χ1n) is 9.35. The molecular weight excluding hydrogens is 376 g/mol. The van der Waals surface area contributed by atoms with Crippen molar-refractivity contribution >= 4 is 27.5 Å². The van der Waals surface area contributed by atoms with Gasteiger partial charge in [-0.25, -0.2) is 0 Å². The molecule has 1 amide bonds. The Kier molecular flexibility index (Phi) is 6.31. The van der Waals surface area contributed by atoms with Gasteiger partial charge in [-0.3, -0.25) is 9.48 Å². The molecule has 2 aromatic heterocycles. The number of aryl methyl sites for hydroxylation is 1. The number of benzene rings is 1. The third-order valence-corrected chi connectivity index (χ3v) is 5.29. The maximum absolute atomic E-state index is 12.9. The third kappa shape index (κ3) is 4.18. The van der Waals surface area contributed by atoms with Gasteiger partial charge >= 0.3 is 0 Å². The third-order valence-electron chi connectivity index (χ3n) is 4.25. The summed E-state index contributed by atoms with van der Waals surface area (Å²) in [7, 11) is 1.66. The van der Waals surface area contributed by atoms with Crippen LogP contribution in [0.15, 0.2) is 29.3 Å². The molecule has 1 aromatic carbocycles. The molecule has 28 heavy (non-hydrogen) atoms. The molecule has 0 atom stereocenters. The van der Waals surface area contributed by atoms with Crippen LogP contribution in [0.25, 0.3) is 10.2 Å². The van der Waals surface area contributed by atoms with Gasteiger partial charge in [0.15, 0.2) is 4.80 Å². The Balaban J connectivity index is 2.10. The average molecular weight is 403 g/mol. The smallest absolute Gasteiger partial charge is 0.297 e. The van der Waals surface area contributed by atoms with Crippen LogP contribution in [0.1, 0.15) is 43.0 Å². The van der Waals surface area contributed by atoms with E-state index in [0.717, 1.165) is 21.7 Å². The van der Waals surface area contributed by atoms with Gasteiger partial charge in [-0.15, -0.1) is 0 Å². The standard InChI is InChI=1S/C20H26N4O3S/c1-6-27-15-7-8-16-18(12-15)28-20(23(16)9-10-26-5)21-19(25)17-11-14(4)22-24(17)13(2)3/h7-8,11-13H,6,9-10H2,1-5H3. The van der Waals surface area contributed by atoms with Crippen molar-refractivity contribution < 1.29 is 14.3 Å². The second-order valence-corrected chi connectivity index (χ2v) is 7.73. The number of hydrogen-bond donors (Lipinski definition) is 0. The van der Waals surface area contributed by atoms with E-state index in [9.17, 15) is 4.79 Å². The Labute approximate surface area is 168 Å². The van der Waals surface area contributed by atoms with Crippen LogP contribution in [0, 0.1) is 6.92 Å². The molecule has 3 aromatic rings. The fourth-order valence-corrected chi connectivity index (χ4v) is 4.09. The lowest BCUT2D eigenvalue weighted by atomic mass is 10.3. The summed E-state index contributed by atoms with van der Waals surface area (Å²) in [6.45, 7) is 9.57.